The van der Waals surface area contributed by atoms with Gasteiger partial charge in [0.1, 0.15) is 5.69 Å². The summed E-state index contributed by atoms with van der Waals surface area (Å²) in [7, 11) is 0. The fourth-order valence-electron chi connectivity index (χ4n) is 4.29. The monoisotopic (exact) mass is 434 g/mol. The molecule has 1 aromatic carbocycles. The molecule has 0 radical (unpaired) electrons. The fraction of sp³-hybridized carbons (Fsp3) is 0.160. The third kappa shape index (κ3) is 3.23. The van der Waals surface area contributed by atoms with E-state index in [1.807, 2.05) is 43.0 Å². The summed E-state index contributed by atoms with van der Waals surface area (Å²) in [6, 6.07) is 8.14. The van der Waals surface area contributed by atoms with Crippen LogP contribution >= 0.6 is 0 Å². The molecule has 0 aliphatic heterocycles. The molecule has 33 heavy (non-hydrogen) atoms. The van der Waals surface area contributed by atoms with Crippen LogP contribution in [0.3, 0.4) is 0 Å². The zero-order valence-electron chi connectivity index (χ0n) is 18.3. The molecule has 0 amide bonds. The molecule has 0 saturated heterocycles. The topological polar surface area (TPSA) is 108 Å². The van der Waals surface area contributed by atoms with Crippen LogP contribution in [0.25, 0.3) is 55.5 Å². The number of hydrogen-bond donors (Lipinski definition) is 3. The Hall–Kier alpha value is -4.17. The van der Waals surface area contributed by atoms with E-state index in [9.17, 15) is 0 Å². The van der Waals surface area contributed by atoms with Gasteiger partial charge in [-0.3, -0.25) is 15.1 Å². The van der Waals surface area contributed by atoms with Gasteiger partial charge in [-0.15, -0.1) is 0 Å². The van der Waals surface area contributed by atoms with Crippen molar-refractivity contribution in [2.45, 2.75) is 20.4 Å². The number of aromatic nitrogens is 7. The van der Waals surface area contributed by atoms with E-state index in [2.05, 4.69) is 55.4 Å². The van der Waals surface area contributed by atoms with Gasteiger partial charge in [-0.05, 0) is 42.8 Å². The van der Waals surface area contributed by atoms with Gasteiger partial charge in [0, 0.05) is 59.4 Å². The van der Waals surface area contributed by atoms with Gasteiger partial charge in [0.25, 0.3) is 0 Å². The summed E-state index contributed by atoms with van der Waals surface area (Å²) >= 11 is 0. The molecule has 8 nitrogen and oxygen atoms in total. The largest absolute Gasteiger partial charge is 0.336 e. The van der Waals surface area contributed by atoms with Crippen molar-refractivity contribution in [2.24, 2.45) is 0 Å². The molecule has 0 bridgehead atoms. The van der Waals surface area contributed by atoms with E-state index < -0.39 is 0 Å². The average Bonchev–Trinajstić information content (AvgIpc) is 3.47. The Morgan fingerprint density at radius 1 is 1.00 bits per heavy atom. The van der Waals surface area contributed by atoms with Crippen LogP contribution in [-0.4, -0.2) is 41.7 Å². The minimum absolute atomic E-state index is 0.704. The molecule has 0 unspecified atom stereocenters. The highest BCUT2D eigenvalue weighted by atomic mass is 15.2. The van der Waals surface area contributed by atoms with Crippen molar-refractivity contribution in [3.05, 3.63) is 66.4 Å². The zero-order chi connectivity index (χ0) is 22.4. The van der Waals surface area contributed by atoms with Crippen molar-refractivity contribution in [3.63, 3.8) is 0 Å². The first-order valence-corrected chi connectivity index (χ1v) is 10.9. The minimum atomic E-state index is 0.704. The number of nitrogens with zero attached hydrogens (tertiary/aromatic N) is 5. The van der Waals surface area contributed by atoms with Crippen LogP contribution in [0, 0.1) is 6.92 Å². The summed E-state index contributed by atoms with van der Waals surface area (Å²) in [6.45, 7) is 5.93. The molecule has 0 saturated carbocycles. The molecule has 0 atom stereocenters. The van der Waals surface area contributed by atoms with Gasteiger partial charge in [0.05, 0.1) is 16.4 Å². The van der Waals surface area contributed by atoms with Crippen LogP contribution in [0.1, 0.15) is 18.1 Å². The van der Waals surface area contributed by atoms with Crippen molar-refractivity contribution < 1.29 is 0 Å². The summed E-state index contributed by atoms with van der Waals surface area (Å²) < 4.78 is 0. The molecule has 6 aromatic rings. The normalized spacial score (nSPS) is 11.7. The van der Waals surface area contributed by atoms with E-state index in [1.165, 1.54) is 11.1 Å². The van der Waals surface area contributed by atoms with Crippen LogP contribution < -0.4 is 5.32 Å². The van der Waals surface area contributed by atoms with Gasteiger partial charge in [-0.2, -0.15) is 5.10 Å². The van der Waals surface area contributed by atoms with Gasteiger partial charge in [-0.1, -0.05) is 13.0 Å². The third-order valence-electron chi connectivity index (χ3n) is 6.11. The highest BCUT2D eigenvalue weighted by molar-refractivity contribution is 6.05. The van der Waals surface area contributed by atoms with Crippen molar-refractivity contribution in [3.8, 4) is 22.6 Å². The summed E-state index contributed by atoms with van der Waals surface area (Å²) in [4.78, 5) is 21.6. The lowest BCUT2D eigenvalue weighted by atomic mass is 9.99. The first-order chi connectivity index (χ1) is 16.2. The van der Waals surface area contributed by atoms with Crippen molar-refractivity contribution in [1.82, 2.24) is 40.4 Å². The predicted octanol–water partition coefficient (Wildman–Crippen LogP) is 4.53. The molecule has 0 aliphatic rings. The Balaban J connectivity index is 1.48. The minimum Gasteiger partial charge on any atom is -0.336 e. The second-order valence-electron chi connectivity index (χ2n) is 8.09. The molecular weight excluding hydrogens is 412 g/mol. The highest BCUT2D eigenvalue weighted by Gasteiger charge is 2.16. The number of rotatable bonds is 5. The Morgan fingerprint density at radius 2 is 1.94 bits per heavy atom. The smallest absolute Gasteiger partial charge is 0.159 e. The lowest BCUT2D eigenvalue weighted by molar-refractivity contribution is 0.721. The van der Waals surface area contributed by atoms with Gasteiger partial charge in [-0.25, -0.2) is 9.97 Å². The van der Waals surface area contributed by atoms with Gasteiger partial charge in [0.15, 0.2) is 11.5 Å². The Morgan fingerprint density at radius 3 is 2.85 bits per heavy atom. The Labute approximate surface area is 189 Å². The predicted molar refractivity (Wildman–Crippen MR) is 130 cm³/mol. The molecule has 6 rings (SSSR count). The number of imidazole rings is 1. The maximum atomic E-state index is 4.82. The van der Waals surface area contributed by atoms with E-state index in [1.54, 1.807) is 6.20 Å². The van der Waals surface area contributed by atoms with E-state index in [4.69, 9.17) is 4.98 Å². The number of benzene rings is 1. The van der Waals surface area contributed by atoms with Crippen LogP contribution in [0.2, 0.25) is 0 Å². The van der Waals surface area contributed by atoms with Crippen LogP contribution in [0.5, 0.6) is 0 Å². The summed E-state index contributed by atoms with van der Waals surface area (Å²) in [6.07, 6.45) is 9.34. The van der Waals surface area contributed by atoms with E-state index in [-0.39, 0.29) is 0 Å². The molecular formula is C25H22N8. The maximum Gasteiger partial charge on any atom is 0.159 e. The molecule has 3 N–H and O–H groups in total. The van der Waals surface area contributed by atoms with E-state index in [0.717, 1.165) is 62.7 Å². The van der Waals surface area contributed by atoms with Gasteiger partial charge >= 0.3 is 0 Å². The molecule has 8 heteroatoms. The highest BCUT2D eigenvalue weighted by Crippen LogP contribution is 2.32. The number of fused-ring (bicyclic) bond motifs is 4. The molecule has 5 heterocycles. The van der Waals surface area contributed by atoms with Crippen molar-refractivity contribution >= 4 is 32.8 Å². The number of hydrogen-bond acceptors (Lipinski definition) is 6. The van der Waals surface area contributed by atoms with Crippen LogP contribution in [-0.2, 0) is 6.54 Å². The SMILES string of the molecule is CCNCc1cncc(-c2cnc3[nH]nc(-c4nc5ccc6cnccc6c5[nH]4)c3c2)c1C. The number of aromatic amines is 2. The van der Waals surface area contributed by atoms with Crippen molar-refractivity contribution in [1.29, 1.82) is 0 Å². The second-order valence-corrected chi connectivity index (χ2v) is 8.09. The lowest BCUT2D eigenvalue weighted by Gasteiger charge is -2.11. The Bertz CT molecular complexity index is 1630. The maximum absolute atomic E-state index is 4.82. The fourth-order valence-corrected chi connectivity index (χ4v) is 4.29. The third-order valence-corrected chi connectivity index (χ3v) is 6.11. The zero-order valence-corrected chi connectivity index (χ0v) is 18.3. The Kier molecular flexibility index (Phi) is 4.58. The average molecular weight is 435 g/mol. The van der Waals surface area contributed by atoms with Gasteiger partial charge in [0.2, 0.25) is 0 Å². The first-order valence-electron chi connectivity index (χ1n) is 10.9. The second kappa shape index (κ2) is 7.75. The van der Waals surface area contributed by atoms with E-state index in [0.29, 0.717) is 5.82 Å². The number of pyridine rings is 3. The first kappa shape index (κ1) is 19.5. The number of H-pyrrole nitrogens is 2. The van der Waals surface area contributed by atoms with E-state index >= 15 is 0 Å². The summed E-state index contributed by atoms with van der Waals surface area (Å²) in [5, 5.41) is 14.0. The quantitative estimate of drug-likeness (QED) is 0.368. The van der Waals surface area contributed by atoms with Gasteiger partial charge < -0.3 is 10.3 Å². The molecule has 0 spiro atoms. The standard InChI is InChI=1S/C25H22N8/c1-3-26-10-17-11-28-13-20(14(17)2)16-8-19-23(32-33-24(19)29-12-16)25-30-21-5-4-15-9-27-7-6-18(15)22(21)31-25/h4-9,11-13,26H,3,10H2,1-2H3,(H,30,31)(H,29,32,33). The van der Waals surface area contributed by atoms with Crippen LogP contribution in [0.4, 0.5) is 0 Å². The molecule has 162 valence electrons. The van der Waals surface area contributed by atoms with Crippen LogP contribution in [0.15, 0.2) is 55.2 Å². The summed E-state index contributed by atoms with van der Waals surface area (Å²) in [5.41, 5.74) is 7.77. The number of nitrogens with one attached hydrogen (secondary N) is 3. The molecule has 5 aromatic heterocycles. The lowest BCUT2D eigenvalue weighted by Crippen LogP contribution is -2.13. The van der Waals surface area contributed by atoms with Crippen molar-refractivity contribution in [2.75, 3.05) is 6.54 Å². The molecule has 0 aliphatic carbocycles. The summed E-state index contributed by atoms with van der Waals surface area (Å²) in [5.74, 6) is 0.704. The molecule has 0 fully saturated rings.